The average molecular weight is 287 g/mol. The minimum absolute atomic E-state index is 0.0698. The summed E-state index contributed by atoms with van der Waals surface area (Å²) in [6.07, 6.45) is 1.46. The van der Waals surface area contributed by atoms with Crippen LogP contribution in [0.2, 0.25) is 0 Å². The predicted octanol–water partition coefficient (Wildman–Crippen LogP) is 2.89. The molecule has 0 amide bonds. The number of nitrogens with zero attached hydrogens (tertiary/aromatic N) is 1. The molecule has 0 aliphatic rings. The molecule has 0 bridgehead atoms. The Kier molecular flexibility index (Phi) is 2.79. The van der Waals surface area contributed by atoms with E-state index in [1.807, 2.05) is 6.92 Å². The Bertz CT molecular complexity index is 877. The lowest BCUT2D eigenvalue weighted by molar-refractivity contribution is 0.481. The van der Waals surface area contributed by atoms with E-state index in [-0.39, 0.29) is 10.6 Å². The van der Waals surface area contributed by atoms with Crippen molar-refractivity contribution in [3.8, 4) is 5.75 Å². The highest BCUT2D eigenvalue weighted by Gasteiger charge is 2.19. The van der Waals surface area contributed by atoms with Gasteiger partial charge in [0.2, 0.25) is 0 Å². The van der Waals surface area contributed by atoms with E-state index in [4.69, 9.17) is 0 Å². The highest BCUT2D eigenvalue weighted by Crippen LogP contribution is 2.28. The number of phenolic OH excluding ortho intramolecular Hbond substituents is 1. The number of aromatic hydroxyl groups is 1. The van der Waals surface area contributed by atoms with Crippen LogP contribution in [0.4, 0.5) is 0 Å². The Morgan fingerprint density at radius 3 is 2.40 bits per heavy atom. The molecule has 0 spiro atoms. The second kappa shape index (κ2) is 4.38. The number of aromatic nitrogens is 1. The molecule has 0 unspecified atom stereocenters. The van der Waals surface area contributed by atoms with Crippen LogP contribution < -0.4 is 0 Å². The summed E-state index contributed by atoms with van der Waals surface area (Å²) < 4.78 is 26.4. The Labute approximate surface area is 117 Å². The molecule has 4 nitrogen and oxygen atoms in total. The van der Waals surface area contributed by atoms with E-state index in [1.54, 1.807) is 42.5 Å². The van der Waals surface area contributed by atoms with Crippen molar-refractivity contribution in [2.24, 2.45) is 0 Å². The summed E-state index contributed by atoms with van der Waals surface area (Å²) in [6.45, 7) is 1.90. The van der Waals surface area contributed by atoms with E-state index < -0.39 is 10.0 Å². The maximum atomic E-state index is 12.6. The fraction of sp³-hybridized carbons (Fsp3) is 0.0667. The highest BCUT2D eigenvalue weighted by atomic mass is 32.2. The third-order valence-corrected chi connectivity index (χ3v) is 4.96. The van der Waals surface area contributed by atoms with E-state index in [1.165, 1.54) is 16.2 Å². The molecule has 3 rings (SSSR count). The first-order valence-corrected chi connectivity index (χ1v) is 7.55. The summed E-state index contributed by atoms with van der Waals surface area (Å²) in [4.78, 5) is 0.226. The van der Waals surface area contributed by atoms with Crippen LogP contribution >= 0.6 is 0 Å². The minimum Gasteiger partial charge on any atom is -0.507 e. The molecule has 0 aliphatic heterocycles. The van der Waals surface area contributed by atoms with Crippen LogP contribution in [0.15, 0.2) is 59.6 Å². The quantitative estimate of drug-likeness (QED) is 0.788. The number of hydrogen-bond acceptors (Lipinski definition) is 3. The van der Waals surface area contributed by atoms with Gasteiger partial charge in [-0.2, -0.15) is 0 Å². The highest BCUT2D eigenvalue weighted by molar-refractivity contribution is 7.90. The maximum absolute atomic E-state index is 12.6. The first-order chi connectivity index (χ1) is 9.50. The molecule has 5 heteroatoms. The molecule has 20 heavy (non-hydrogen) atoms. The first-order valence-electron chi connectivity index (χ1n) is 6.11. The molecule has 1 heterocycles. The van der Waals surface area contributed by atoms with Crippen molar-refractivity contribution in [2.75, 3.05) is 0 Å². The van der Waals surface area contributed by atoms with Gasteiger partial charge in [-0.25, -0.2) is 12.4 Å². The molecule has 1 aromatic heterocycles. The second-order valence-corrected chi connectivity index (χ2v) is 6.45. The van der Waals surface area contributed by atoms with Gasteiger partial charge in [0, 0.05) is 11.6 Å². The summed E-state index contributed by atoms with van der Waals surface area (Å²) in [6, 6.07) is 13.1. The Balaban J connectivity index is 2.24. The van der Waals surface area contributed by atoms with E-state index in [0.29, 0.717) is 10.9 Å². The summed E-state index contributed by atoms with van der Waals surface area (Å²) in [7, 11) is -3.65. The standard InChI is InChI=1S/C15H13NO3S/c1-11-5-7-12(8-6-11)20(18,19)16-10-9-13-14(16)3-2-4-15(13)17/h2-10,17H,1H3. The minimum atomic E-state index is -3.65. The van der Waals surface area contributed by atoms with Gasteiger partial charge in [0.15, 0.2) is 0 Å². The normalized spacial score (nSPS) is 11.8. The van der Waals surface area contributed by atoms with Gasteiger partial charge in [0.1, 0.15) is 5.75 Å². The molecular weight excluding hydrogens is 274 g/mol. The summed E-state index contributed by atoms with van der Waals surface area (Å²) in [5, 5.41) is 10.3. The zero-order valence-corrected chi connectivity index (χ0v) is 11.6. The molecule has 0 saturated carbocycles. The first kappa shape index (κ1) is 12.7. The molecule has 3 aromatic rings. The van der Waals surface area contributed by atoms with Gasteiger partial charge in [-0.15, -0.1) is 0 Å². The largest absolute Gasteiger partial charge is 0.507 e. The van der Waals surface area contributed by atoms with Crippen molar-refractivity contribution in [1.82, 2.24) is 3.97 Å². The Hall–Kier alpha value is -2.27. The number of benzene rings is 2. The fourth-order valence-electron chi connectivity index (χ4n) is 2.16. The summed E-state index contributed by atoms with van der Waals surface area (Å²) in [5.41, 5.74) is 1.46. The molecule has 0 radical (unpaired) electrons. The third kappa shape index (κ3) is 1.87. The lowest BCUT2D eigenvalue weighted by Gasteiger charge is -2.08. The van der Waals surface area contributed by atoms with Gasteiger partial charge in [-0.05, 0) is 37.3 Å². The van der Waals surface area contributed by atoms with Crippen LogP contribution in [0.5, 0.6) is 5.75 Å². The number of phenols is 1. The zero-order chi connectivity index (χ0) is 14.3. The van der Waals surface area contributed by atoms with Crippen molar-refractivity contribution >= 4 is 20.9 Å². The molecule has 0 atom stereocenters. The van der Waals surface area contributed by atoms with Crippen molar-refractivity contribution in [1.29, 1.82) is 0 Å². The summed E-state index contributed by atoms with van der Waals surface area (Å²) in [5.74, 6) is 0.0698. The van der Waals surface area contributed by atoms with E-state index in [2.05, 4.69) is 0 Å². The van der Waals surface area contributed by atoms with Crippen molar-refractivity contribution in [3.05, 3.63) is 60.3 Å². The number of rotatable bonds is 2. The molecule has 102 valence electrons. The lowest BCUT2D eigenvalue weighted by Crippen LogP contribution is -2.11. The fourth-order valence-corrected chi connectivity index (χ4v) is 3.51. The smallest absolute Gasteiger partial charge is 0.268 e. The molecule has 1 N–H and O–H groups in total. The van der Waals surface area contributed by atoms with Crippen LogP contribution in [0, 0.1) is 6.92 Å². The monoisotopic (exact) mass is 287 g/mol. The van der Waals surface area contributed by atoms with Gasteiger partial charge >= 0.3 is 0 Å². The lowest BCUT2D eigenvalue weighted by atomic mass is 10.2. The van der Waals surface area contributed by atoms with E-state index in [9.17, 15) is 13.5 Å². The number of fused-ring (bicyclic) bond motifs is 1. The molecule has 0 aliphatic carbocycles. The van der Waals surface area contributed by atoms with Gasteiger partial charge in [-0.3, -0.25) is 0 Å². The van der Waals surface area contributed by atoms with Crippen LogP contribution in [0.3, 0.4) is 0 Å². The Morgan fingerprint density at radius 2 is 1.70 bits per heavy atom. The Morgan fingerprint density at radius 1 is 1.00 bits per heavy atom. The topological polar surface area (TPSA) is 59.3 Å². The SMILES string of the molecule is Cc1ccc(S(=O)(=O)n2ccc3c(O)cccc32)cc1. The molecule has 0 fully saturated rings. The van der Waals surface area contributed by atoms with Gasteiger partial charge < -0.3 is 5.11 Å². The zero-order valence-electron chi connectivity index (χ0n) is 10.8. The van der Waals surface area contributed by atoms with Crippen molar-refractivity contribution < 1.29 is 13.5 Å². The molecule has 0 saturated heterocycles. The summed E-state index contributed by atoms with van der Waals surface area (Å²) >= 11 is 0. The third-order valence-electron chi connectivity index (χ3n) is 3.25. The van der Waals surface area contributed by atoms with Gasteiger partial charge in [-0.1, -0.05) is 23.8 Å². The molecule has 2 aromatic carbocycles. The van der Waals surface area contributed by atoms with E-state index >= 15 is 0 Å². The van der Waals surface area contributed by atoms with Gasteiger partial charge in [0.25, 0.3) is 10.0 Å². The molecular formula is C15H13NO3S. The van der Waals surface area contributed by atoms with Crippen molar-refractivity contribution in [2.45, 2.75) is 11.8 Å². The van der Waals surface area contributed by atoms with Crippen molar-refractivity contribution in [3.63, 3.8) is 0 Å². The number of aryl methyl sites for hydroxylation is 1. The van der Waals surface area contributed by atoms with Crippen LogP contribution in [-0.4, -0.2) is 17.5 Å². The van der Waals surface area contributed by atoms with Crippen LogP contribution in [0.1, 0.15) is 5.56 Å². The van der Waals surface area contributed by atoms with Crippen LogP contribution in [-0.2, 0) is 10.0 Å². The maximum Gasteiger partial charge on any atom is 0.268 e. The second-order valence-electron chi connectivity index (χ2n) is 4.64. The van der Waals surface area contributed by atoms with Crippen LogP contribution in [0.25, 0.3) is 10.9 Å². The number of hydrogen-bond donors (Lipinski definition) is 1. The van der Waals surface area contributed by atoms with Gasteiger partial charge in [0.05, 0.1) is 10.4 Å². The average Bonchev–Trinajstić information content (AvgIpc) is 2.85. The predicted molar refractivity (Wildman–Crippen MR) is 77.4 cm³/mol. The van der Waals surface area contributed by atoms with E-state index in [0.717, 1.165) is 5.56 Å².